The van der Waals surface area contributed by atoms with Crippen LogP contribution in [0.5, 0.6) is 0 Å². The maximum absolute atomic E-state index is 9.28. The van der Waals surface area contributed by atoms with E-state index in [0.29, 0.717) is 26.2 Å². The first kappa shape index (κ1) is 20.6. The average molecular weight is 405 g/mol. The van der Waals surface area contributed by atoms with Gasteiger partial charge in [-0.2, -0.15) is 0 Å². The number of aliphatic hydroxyl groups excluding tert-OH is 4. The molecule has 0 atom stereocenters. The Kier molecular flexibility index (Phi) is 7.30. The number of nitrogens with zero attached hydrogens (tertiary/aromatic N) is 3. The van der Waals surface area contributed by atoms with Crippen molar-refractivity contribution in [3.8, 4) is 10.6 Å². The normalized spacial score (nSPS) is 11.3. The molecule has 0 aromatic heterocycles. The van der Waals surface area contributed by atoms with Crippen LogP contribution in [0.3, 0.4) is 0 Å². The number of aromatic nitrogens is 1. The van der Waals surface area contributed by atoms with E-state index in [1.165, 1.54) is 0 Å². The summed E-state index contributed by atoms with van der Waals surface area (Å²) in [4.78, 5) is 7.69. The number of anilines is 1. The zero-order chi connectivity index (χ0) is 19.9. The maximum Gasteiger partial charge on any atom is 0.201 e. The fraction of sp³-hybridized carbons (Fsp3) is 0.400. The second-order valence-corrected chi connectivity index (χ2v) is 7.47. The molecule has 150 valence electrons. The average Bonchev–Trinajstić information content (AvgIpc) is 2.71. The van der Waals surface area contributed by atoms with E-state index in [1.54, 1.807) is 11.3 Å². The molecule has 1 aromatic carbocycles. The molecule has 1 aliphatic heterocycles. The van der Waals surface area contributed by atoms with Gasteiger partial charge in [-0.25, -0.2) is 9.56 Å². The zero-order valence-corrected chi connectivity index (χ0v) is 16.5. The summed E-state index contributed by atoms with van der Waals surface area (Å²) in [6.07, 6.45) is 0. The smallest absolute Gasteiger partial charge is 0.201 e. The van der Waals surface area contributed by atoms with Crippen LogP contribution in [0, 0.1) is 0 Å². The predicted molar refractivity (Wildman–Crippen MR) is 112 cm³/mol. The Hall–Kier alpha value is -2.10. The van der Waals surface area contributed by atoms with Gasteiger partial charge in [-0.05, 0) is 24.3 Å². The minimum absolute atomic E-state index is 0.0202. The number of benzene rings is 2. The van der Waals surface area contributed by atoms with Crippen LogP contribution < -0.4 is 14.8 Å². The highest BCUT2D eigenvalue weighted by atomic mass is 32.1. The van der Waals surface area contributed by atoms with Crippen LogP contribution in [0.1, 0.15) is 0 Å². The van der Waals surface area contributed by atoms with E-state index in [0.717, 1.165) is 31.8 Å². The standard InChI is InChI=1S/C20H26N3O4S/c24-9-5-22(6-10-25)15-1-3-17-19(13-15)28-20-14-16(2-4-18(20)21-17)23(7-11-26)8-12-27/h1-4,13-14,24-27H,5-12H2/q+1. The van der Waals surface area contributed by atoms with Gasteiger partial charge in [0, 0.05) is 30.9 Å². The van der Waals surface area contributed by atoms with E-state index in [9.17, 15) is 20.4 Å². The summed E-state index contributed by atoms with van der Waals surface area (Å²) in [5, 5.41) is 38.0. The predicted octanol–water partition coefficient (Wildman–Crippen LogP) is -0.0511. The van der Waals surface area contributed by atoms with E-state index in [-0.39, 0.29) is 26.4 Å². The summed E-state index contributed by atoms with van der Waals surface area (Å²) in [7, 11) is 0. The monoisotopic (exact) mass is 404 g/mol. The van der Waals surface area contributed by atoms with Crippen molar-refractivity contribution in [2.75, 3.05) is 57.5 Å². The highest BCUT2D eigenvalue weighted by Crippen LogP contribution is 2.31. The van der Waals surface area contributed by atoms with Crippen molar-refractivity contribution < 1.29 is 20.4 Å². The van der Waals surface area contributed by atoms with Gasteiger partial charge in [-0.3, -0.25) is 0 Å². The Balaban J connectivity index is 2.10. The minimum Gasteiger partial charge on any atom is -0.395 e. The van der Waals surface area contributed by atoms with Gasteiger partial charge < -0.3 is 25.3 Å². The third kappa shape index (κ3) is 4.65. The van der Waals surface area contributed by atoms with Crippen molar-refractivity contribution in [3.05, 3.63) is 41.8 Å². The molecule has 28 heavy (non-hydrogen) atoms. The van der Waals surface area contributed by atoms with Crippen LogP contribution in [-0.2, 0) is 0 Å². The quantitative estimate of drug-likeness (QED) is 0.295. The molecule has 3 rings (SSSR count). The molecule has 0 saturated heterocycles. The lowest BCUT2D eigenvalue weighted by Gasteiger charge is -2.23. The first-order valence-electron chi connectivity index (χ1n) is 9.31. The summed E-state index contributed by atoms with van der Waals surface area (Å²) >= 11 is 1.62. The highest BCUT2D eigenvalue weighted by molar-refractivity contribution is 7.21. The molecule has 0 radical (unpaired) electrons. The number of aliphatic hydroxyl groups is 4. The van der Waals surface area contributed by atoms with Crippen molar-refractivity contribution in [2.24, 2.45) is 0 Å². The Morgan fingerprint density at radius 3 is 2.21 bits per heavy atom. The highest BCUT2D eigenvalue weighted by Gasteiger charge is 2.13. The van der Waals surface area contributed by atoms with Crippen LogP contribution in [0.2, 0.25) is 0 Å². The largest absolute Gasteiger partial charge is 0.395 e. The molecule has 1 aliphatic carbocycles. The van der Waals surface area contributed by atoms with E-state index in [2.05, 4.69) is 0 Å². The first-order chi connectivity index (χ1) is 13.7. The molecule has 2 aliphatic rings. The summed E-state index contributed by atoms with van der Waals surface area (Å²) in [5.74, 6) is 0. The van der Waals surface area contributed by atoms with E-state index >= 15 is 0 Å². The zero-order valence-electron chi connectivity index (χ0n) is 15.7. The van der Waals surface area contributed by atoms with Gasteiger partial charge in [0.2, 0.25) is 5.36 Å². The third-order valence-electron chi connectivity index (χ3n) is 4.56. The van der Waals surface area contributed by atoms with Gasteiger partial charge in [0.25, 0.3) is 0 Å². The Bertz CT molecular complexity index is 946. The van der Waals surface area contributed by atoms with Gasteiger partial charge in [-0.15, -0.1) is 11.3 Å². The number of rotatable bonds is 9. The van der Waals surface area contributed by atoms with Gasteiger partial charge >= 0.3 is 0 Å². The molecule has 8 heteroatoms. The van der Waals surface area contributed by atoms with Crippen LogP contribution in [0.25, 0.3) is 20.8 Å². The van der Waals surface area contributed by atoms with Gasteiger partial charge in [0.15, 0.2) is 13.1 Å². The van der Waals surface area contributed by atoms with Gasteiger partial charge in [0.1, 0.15) is 13.2 Å². The maximum atomic E-state index is 9.28. The second-order valence-electron chi connectivity index (χ2n) is 6.39. The molecule has 4 N–H and O–H groups in total. The Labute approximate surface area is 167 Å². The van der Waals surface area contributed by atoms with E-state index in [1.807, 2.05) is 45.9 Å². The molecule has 0 unspecified atom stereocenters. The third-order valence-corrected chi connectivity index (χ3v) is 5.65. The molecule has 0 bridgehead atoms. The first-order valence-corrected chi connectivity index (χ1v) is 10.1. The van der Waals surface area contributed by atoms with E-state index < -0.39 is 0 Å². The number of fused-ring (bicyclic) bond motifs is 2. The Morgan fingerprint density at radius 1 is 0.857 bits per heavy atom. The second kappa shape index (κ2) is 9.90. The molecule has 0 saturated carbocycles. The topological polar surface area (TPSA) is 100 Å². The fourth-order valence-electron chi connectivity index (χ4n) is 3.22. The molecule has 0 fully saturated rings. The lowest BCUT2D eigenvalue weighted by molar-refractivity contribution is 0.250. The van der Waals surface area contributed by atoms with Crippen molar-refractivity contribution in [1.29, 1.82) is 0 Å². The summed E-state index contributed by atoms with van der Waals surface area (Å²) in [6, 6.07) is 11.9. The molecule has 1 aromatic rings. The Morgan fingerprint density at radius 2 is 1.57 bits per heavy atom. The fourth-order valence-corrected chi connectivity index (χ4v) is 4.25. The van der Waals surface area contributed by atoms with Crippen molar-refractivity contribution in [1.82, 2.24) is 9.56 Å². The van der Waals surface area contributed by atoms with Crippen LogP contribution in [0.4, 0.5) is 5.69 Å². The molecule has 0 spiro atoms. The summed E-state index contributed by atoms with van der Waals surface area (Å²) < 4.78 is 2.95. The van der Waals surface area contributed by atoms with Crippen molar-refractivity contribution in [2.45, 2.75) is 0 Å². The van der Waals surface area contributed by atoms with Crippen molar-refractivity contribution in [3.63, 3.8) is 0 Å². The van der Waals surface area contributed by atoms with Gasteiger partial charge in [-0.1, -0.05) is 0 Å². The molecular formula is C20H26N3O4S+. The number of hydrogen-bond donors (Lipinski definition) is 4. The minimum atomic E-state index is 0.0202. The molecule has 0 amide bonds. The van der Waals surface area contributed by atoms with Crippen LogP contribution in [-0.4, -0.2) is 78.0 Å². The molecular weight excluding hydrogens is 378 g/mol. The lowest BCUT2D eigenvalue weighted by atomic mass is 10.2. The summed E-state index contributed by atoms with van der Waals surface area (Å²) in [6.45, 7) is 1.91. The lowest BCUT2D eigenvalue weighted by Crippen LogP contribution is -2.34. The molecule has 7 nitrogen and oxygen atoms in total. The van der Waals surface area contributed by atoms with Crippen LogP contribution in [0.15, 0.2) is 36.4 Å². The van der Waals surface area contributed by atoms with Crippen LogP contribution >= 0.6 is 11.3 Å². The SMILES string of the molecule is OCCN(CCO)c1ccc2nc3ccc(=[N+](CCO)CCO)cc-3sc2c1. The number of hydrogen-bond acceptors (Lipinski definition) is 7. The molecule has 1 heterocycles. The van der Waals surface area contributed by atoms with E-state index in [4.69, 9.17) is 4.98 Å². The summed E-state index contributed by atoms with van der Waals surface area (Å²) in [5.41, 5.74) is 2.72. The van der Waals surface area contributed by atoms with Gasteiger partial charge in [0.05, 0.1) is 34.0 Å². The van der Waals surface area contributed by atoms with Crippen molar-refractivity contribution >= 4 is 27.2 Å².